The minimum atomic E-state index is 1.18. The van der Waals surface area contributed by atoms with Crippen molar-refractivity contribution in [2.45, 2.75) is 0 Å². The maximum atomic E-state index is 2.46. The molecule has 2 nitrogen and oxygen atoms in total. The molecule has 0 bridgehead atoms. The molecule has 0 aliphatic heterocycles. The normalized spacial score (nSPS) is 11.8. The van der Waals surface area contributed by atoms with Gasteiger partial charge in [-0.25, -0.2) is 0 Å². The number of aromatic nitrogens is 2. The van der Waals surface area contributed by atoms with Crippen LogP contribution in [0.4, 0.5) is 0 Å². The minimum Gasteiger partial charge on any atom is -0.309 e. The van der Waals surface area contributed by atoms with Gasteiger partial charge in [0.2, 0.25) is 0 Å². The van der Waals surface area contributed by atoms with Crippen LogP contribution in [0.15, 0.2) is 194 Å². The molecule has 0 atom stereocenters. The van der Waals surface area contributed by atoms with Crippen LogP contribution >= 0.6 is 0 Å². The van der Waals surface area contributed by atoms with Crippen molar-refractivity contribution in [2.75, 3.05) is 0 Å². The molecule has 0 fully saturated rings. The zero-order valence-corrected chi connectivity index (χ0v) is 28.4. The van der Waals surface area contributed by atoms with Crippen LogP contribution in [-0.4, -0.2) is 9.13 Å². The van der Waals surface area contributed by atoms with Crippen molar-refractivity contribution >= 4 is 65.2 Å². The van der Waals surface area contributed by atoms with Crippen molar-refractivity contribution in [1.82, 2.24) is 9.13 Å². The minimum absolute atomic E-state index is 1.18. The van der Waals surface area contributed by atoms with Gasteiger partial charge in [-0.2, -0.15) is 0 Å². The predicted molar refractivity (Wildman–Crippen MR) is 221 cm³/mol. The van der Waals surface area contributed by atoms with Gasteiger partial charge in [0, 0.05) is 32.8 Å². The van der Waals surface area contributed by atoms with E-state index in [0.717, 1.165) is 0 Å². The second-order valence-corrected chi connectivity index (χ2v) is 13.7. The van der Waals surface area contributed by atoms with Gasteiger partial charge in [0.1, 0.15) is 0 Å². The summed E-state index contributed by atoms with van der Waals surface area (Å²) in [6.45, 7) is 0. The fourth-order valence-corrected chi connectivity index (χ4v) is 8.51. The van der Waals surface area contributed by atoms with E-state index in [1.54, 1.807) is 0 Å². The molecule has 2 heterocycles. The van der Waals surface area contributed by atoms with Gasteiger partial charge in [0.25, 0.3) is 0 Å². The van der Waals surface area contributed by atoms with Crippen molar-refractivity contribution < 1.29 is 0 Å². The maximum Gasteiger partial charge on any atom is 0.0547 e. The summed E-state index contributed by atoms with van der Waals surface area (Å²) in [4.78, 5) is 0. The molecule has 0 saturated carbocycles. The van der Waals surface area contributed by atoms with E-state index >= 15 is 0 Å². The molecule has 0 spiro atoms. The van der Waals surface area contributed by atoms with Crippen LogP contribution in [0.1, 0.15) is 0 Å². The van der Waals surface area contributed by atoms with Crippen molar-refractivity contribution in [2.24, 2.45) is 0 Å². The molecule has 0 unspecified atom stereocenters. The van der Waals surface area contributed by atoms with Gasteiger partial charge in [0.05, 0.1) is 27.8 Å². The summed E-state index contributed by atoms with van der Waals surface area (Å²) in [5.41, 5.74) is 12.0. The smallest absolute Gasteiger partial charge is 0.0547 e. The van der Waals surface area contributed by atoms with Gasteiger partial charge >= 0.3 is 0 Å². The van der Waals surface area contributed by atoms with E-state index < -0.39 is 0 Å². The van der Waals surface area contributed by atoms with Gasteiger partial charge in [-0.1, -0.05) is 140 Å². The summed E-state index contributed by atoms with van der Waals surface area (Å²) >= 11 is 0. The topological polar surface area (TPSA) is 9.86 Å². The SMILES string of the molecule is c1ccc(-c2ccccc2-n2c3ccc(-c4ccc5c(c4)c4ccccc4n5-c4ccc5ccccc5c4)cc3c3c4ccccc4ccc32)cc1. The lowest BCUT2D eigenvalue weighted by Crippen LogP contribution is -1.97. The van der Waals surface area contributed by atoms with Crippen LogP contribution in [0.25, 0.3) is 98.8 Å². The Kier molecular flexibility index (Phi) is 6.28. The average Bonchev–Trinajstić information content (AvgIpc) is 3.73. The Morgan fingerprint density at radius 2 is 0.885 bits per heavy atom. The lowest BCUT2D eigenvalue weighted by atomic mass is 9.99. The molecule has 242 valence electrons. The summed E-state index contributed by atoms with van der Waals surface area (Å²) in [6, 6.07) is 71.0. The van der Waals surface area contributed by atoms with Gasteiger partial charge in [0.15, 0.2) is 0 Å². The third-order valence-corrected chi connectivity index (χ3v) is 10.9. The Morgan fingerprint density at radius 3 is 1.73 bits per heavy atom. The molecule has 11 rings (SSSR count). The number of hydrogen-bond donors (Lipinski definition) is 0. The highest BCUT2D eigenvalue weighted by molar-refractivity contribution is 6.22. The fraction of sp³-hybridized carbons (Fsp3) is 0. The molecule has 52 heavy (non-hydrogen) atoms. The Bertz CT molecular complexity index is 3180. The maximum absolute atomic E-state index is 2.46. The van der Waals surface area contributed by atoms with E-state index in [-0.39, 0.29) is 0 Å². The molecule has 0 aliphatic rings. The Morgan fingerprint density at radius 1 is 0.288 bits per heavy atom. The number of nitrogens with zero attached hydrogens (tertiary/aromatic N) is 2. The summed E-state index contributed by atoms with van der Waals surface area (Å²) in [5, 5.41) is 10.1. The van der Waals surface area contributed by atoms with Crippen molar-refractivity contribution in [3.05, 3.63) is 194 Å². The van der Waals surface area contributed by atoms with Crippen LogP contribution in [0.3, 0.4) is 0 Å². The van der Waals surface area contributed by atoms with Crippen LogP contribution in [0.2, 0.25) is 0 Å². The van der Waals surface area contributed by atoms with Crippen LogP contribution < -0.4 is 0 Å². The molecule has 0 saturated heterocycles. The van der Waals surface area contributed by atoms with Crippen molar-refractivity contribution in [1.29, 1.82) is 0 Å². The third kappa shape index (κ3) is 4.31. The van der Waals surface area contributed by atoms with Crippen LogP contribution in [-0.2, 0) is 0 Å². The van der Waals surface area contributed by atoms with E-state index in [9.17, 15) is 0 Å². The molecule has 0 aliphatic carbocycles. The zero-order valence-electron chi connectivity index (χ0n) is 28.4. The molecule has 0 N–H and O–H groups in total. The van der Waals surface area contributed by atoms with E-state index in [4.69, 9.17) is 0 Å². The molecule has 0 amide bonds. The third-order valence-electron chi connectivity index (χ3n) is 10.9. The first-order chi connectivity index (χ1) is 25.8. The molecule has 0 radical (unpaired) electrons. The zero-order chi connectivity index (χ0) is 34.2. The molecule has 2 heteroatoms. The second kappa shape index (κ2) is 11.3. The van der Waals surface area contributed by atoms with E-state index in [1.807, 2.05) is 0 Å². The van der Waals surface area contributed by atoms with E-state index in [2.05, 4.69) is 203 Å². The highest BCUT2D eigenvalue weighted by atomic mass is 15.0. The monoisotopic (exact) mass is 660 g/mol. The molecular formula is C50H32N2. The van der Waals surface area contributed by atoms with Crippen molar-refractivity contribution in [3.63, 3.8) is 0 Å². The fourth-order valence-electron chi connectivity index (χ4n) is 8.51. The summed E-state index contributed by atoms with van der Waals surface area (Å²) in [7, 11) is 0. The highest BCUT2D eigenvalue weighted by Crippen LogP contribution is 2.42. The quantitative estimate of drug-likeness (QED) is 0.178. The number of rotatable bonds is 4. The Balaban J connectivity index is 1.15. The Labute approximate surface area is 301 Å². The average molecular weight is 661 g/mol. The van der Waals surface area contributed by atoms with Gasteiger partial charge in [-0.3, -0.25) is 0 Å². The summed E-state index contributed by atoms with van der Waals surface area (Å²) < 4.78 is 4.87. The van der Waals surface area contributed by atoms with E-state index in [0.29, 0.717) is 0 Å². The van der Waals surface area contributed by atoms with Crippen molar-refractivity contribution in [3.8, 4) is 33.6 Å². The summed E-state index contributed by atoms with van der Waals surface area (Å²) in [5.74, 6) is 0. The summed E-state index contributed by atoms with van der Waals surface area (Å²) in [6.07, 6.45) is 0. The molecular weight excluding hydrogens is 629 g/mol. The number of fused-ring (bicyclic) bond motifs is 9. The van der Waals surface area contributed by atoms with Crippen LogP contribution in [0.5, 0.6) is 0 Å². The first-order valence-electron chi connectivity index (χ1n) is 17.9. The van der Waals surface area contributed by atoms with Crippen LogP contribution in [0, 0.1) is 0 Å². The number of para-hydroxylation sites is 2. The lowest BCUT2D eigenvalue weighted by Gasteiger charge is -2.14. The lowest BCUT2D eigenvalue weighted by molar-refractivity contribution is 1.18. The largest absolute Gasteiger partial charge is 0.309 e. The van der Waals surface area contributed by atoms with Gasteiger partial charge in [-0.05, 0) is 92.8 Å². The van der Waals surface area contributed by atoms with E-state index in [1.165, 1.54) is 98.8 Å². The number of benzene rings is 9. The highest BCUT2D eigenvalue weighted by Gasteiger charge is 2.19. The number of hydrogen-bond acceptors (Lipinski definition) is 0. The standard InChI is InChI=1S/C50H32N2/c1-2-13-34(14-3-1)40-17-8-10-20-45(40)52-48-28-25-38(32-44(48)50-41-18-7-6-15-35(41)23-29-49(50)52)37-24-27-47-43(31-37)42-19-9-11-21-46(42)51(47)39-26-22-33-12-4-5-16-36(33)30-39/h1-32H. The Hall–Kier alpha value is -6.90. The molecule has 9 aromatic carbocycles. The first kappa shape index (κ1) is 28.9. The second-order valence-electron chi connectivity index (χ2n) is 13.7. The predicted octanol–water partition coefficient (Wildman–Crippen LogP) is 13.5. The first-order valence-corrected chi connectivity index (χ1v) is 17.9. The molecule has 11 aromatic rings. The van der Waals surface area contributed by atoms with Gasteiger partial charge < -0.3 is 9.13 Å². The van der Waals surface area contributed by atoms with Gasteiger partial charge in [-0.15, -0.1) is 0 Å². The molecule has 2 aromatic heterocycles.